The van der Waals surface area contributed by atoms with Gasteiger partial charge >= 0.3 is 136 Å². The molecule has 0 unspecified atom stereocenters. The predicted octanol–water partition coefficient (Wildman–Crippen LogP) is 0.609. The molecule has 21 heavy (non-hydrogen) atoms. The van der Waals surface area contributed by atoms with Gasteiger partial charge in [0.15, 0.2) is 0 Å². The summed E-state index contributed by atoms with van der Waals surface area (Å²) >= 11 is 2.95. The van der Waals surface area contributed by atoms with Gasteiger partial charge in [-0.2, -0.15) is 0 Å². The van der Waals surface area contributed by atoms with E-state index >= 15 is 0 Å². The first kappa shape index (κ1) is 15.8. The van der Waals surface area contributed by atoms with Crippen molar-refractivity contribution in [2.24, 2.45) is 0 Å². The van der Waals surface area contributed by atoms with Crippen LogP contribution in [0.1, 0.15) is 10.4 Å². The molecule has 6 nitrogen and oxygen atoms in total. The molecule has 8 heteroatoms. The predicted molar refractivity (Wildman–Crippen MR) is 81.3 cm³/mol. The fourth-order valence-corrected chi connectivity index (χ4v) is 4.12. The van der Waals surface area contributed by atoms with Crippen LogP contribution in [0, 0.1) is 0 Å². The standard InChI is InChI=1S/C13H11BrN2O4Se/c1-19-10-6-11(20-2)16-13(15-10)21-9-5-7(14)3-4-8(9)12(17)18/h3-6H,1-2H3,(H,17,18). The quantitative estimate of drug-likeness (QED) is 0.717. The molecule has 0 bridgehead atoms. The second-order valence-corrected chi connectivity index (χ2v) is 6.82. The van der Waals surface area contributed by atoms with Crippen LogP contribution in [0.15, 0.2) is 28.7 Å². The van der Waals surface area contributed by atoms with Crippen LogP contribution in [0.2, 0.25) is 0 Å². The average Bonchev–Trinajstić information content (AvgIpc) is 2.46. The number of carbonyl (C=O) groups is 1. The zero-order valence-electron chi connectivity index (χ0n) is 11.2. The second-order valence-electron chi connectivity index (χ2n) is 3.78. The Morgan fingerprint density at radius 3 is 2.33 bits per heavy atom. The maximum atomic E-state index is 11.3. The van der Waals surface area contributed by atoms with Crippen LogP contribution < -0.4 is 18.7 Å². The van der Waals surface area contributed by atoms with Gasteiger partial charge in [-0.15, -0.1) is 0 Å². The minimum absolute atomic E-state index is 0.239. The molecular weight excluding hydrogens is 407 g/mol. The number of methoxy groups -OCH3 is 2. The number of halogens is 1. The van der Waals surface area contributed by atoms with Gasteiger partial charge in [0.1, 0.15) is 0 Å². The molecule has 1 N–H and O–H groups in total. The number of hydrogen-bond donors (Lipinski definition) is 1. The molecule has 1 aromatic heterocycles. The summed E-state index contributed by atoms with van der Waals surface area (Å²) in [6.45, 7) is 0. The Kier molecular flexibility index (Phi) is 5.17. The molecule has 0 aliphatic carbocycles. The first-order valence-electron chi connectivity index (χ1n) is 5.71. The van der Waals surface area contributed by atoms with Crippen molar-refractivity contribution in [3.8, 4) is 11.8 Å². The van der Waals surface area contributed by atoms with Gasteiger partial charge in [-0.05, 0) is 0 Å². The van der Waals surface area contributed by atoms with E-state index in [1.54, 1.807) is 24.3 Å². The summed E-state index contributed by atoms with van der Waals surface area (Å²) in [4.78, 5) is 19.7. The van der Waals surface area contributed by atoms with Crippen LogP contribution >= 0.6 is 15.9 Å². The Hall–Kier alpha value is -1.63. The molecule has 0 amide bonds. The summed E-state index contributed by atoms with van der Waals surface area (Å²) in [5.41, 5.74) is 0.239. The van der Waals surface area contributed by atoms with Crippen LogP contribution in [0.25, 0.3) is 0 Å². The Morgan fingerprint density at radius 1 is 1.19 bits per heavy atom. The van der Waals surface area contributed by atoms with Gasteiger partial charge in [0.05, 0.1) is 0 Å². The molecule has 1 heterocycles. The Labute approximate surface area is 135 Å². The zero-order valence-corrected chi connectivity index (χ0v) is 14.5. The fourth-order valence-electron chi connectivity index (χ4n) is 1.49. The molecule has 0 aliphatic rings. The summed E-state index contributed by atoms with van der Waals surface area (Å²) in [6.07, 6.45) is 0. The third-order valence-corrected chi connectivity index (χ3v) is 4.88. The van der Waals surface area contributed by atoms with E-state index < -0.39 is 5.97 Å². The molecule has 0 saturated heterocycles. The van der Waals surface area contributed by atoms with E-state index in [2.05, 4.69) is 25.9 Å². The molecule has 0 aliphatic heterocycles. The van der Waals surface area contributed by atoms with E-state index in [1.807, 2.05) is 0 Å². The molecule has 110 valence electrons. The van der Waals surface area contributed by atoms with Crippen molar-refractivity contribution >= 4 is 46.0 Å². The second kappa shape index (κ2) is 6.89. The van der Waals surface area contributed by atoms with Crippen molar-refractivity contribution < 1.29 is 19.4 Å². The molecule has 2 rings (SSSR count). The van der Waals surface area contributed by atoms with Gasteiger partial charge in [-0.25, -0.2) is 0 Å². The first-order chi connectivity index (χ1) is 10.0. The zero-order chi connectivity index (χ0) is 15.4. The number of carboxylic acid groups (broad SMARTS) is 1. The van der Waals surface area contributed by atoms with Crippen LogP contribution in [-0.4, -0.2) is 50.2 Å². The molecule has 0 atom stereocenters. The van der Waals surface area contributed by atoms with Crippen LogP contribution in [0.5, 0.6) is 11.8 Å². The molecule has 1 aromatic carbocycles. The van der Waals surface area contributed by atoms with Gasteiger partial charge < -0.3 is 0 Å². The van der Waals surface area contributed by atoms with Crippen LogP contribution in [0.4, 0.5) is 0 Å². The van der Waals surface area contributed by atoms with Crippen molar-refractivity contribution in [3.05, 3.63) is 34.3 Å². The number of carboxylic acids is 1. The Bertz CT molecular complexity index is 659. The maximum absolute atomic E-state index is 11.3. The SMILES string of the molecule is COc1cc(OC)nc([Se]c2cc(Br)ccc2C(=O)O)n1. The van der Waals surface area contributed by atoms with Crippen molar-refractivity contribution in [1.82, 2.24) is 9.97 Å². The first-order valence-corrected chi connectivity index (χ1v) is 8.22. The summed E-state index contributed by atoms with van der Waals surface area (Å²) < 4.78 is 12.1. The van der Waals surface area contributed by atoms with Gasteiger partial charge in [0, 0.05) is 0 Å². The molecular formula is C13H11BrN2O4Se. The van der Waals surface area contributed by atoms with Crippen LogP contribution in [0.3, 0.4) is 0 Å². The number of hydrogen-bond acceptors (Lipinski definition) is 5. The normalized spacial score (nSPS) is 10.2. The summed E-state index contributed by atoms with van der Waals surface area (Å²) in [6, 6.07) is 6.58. The number of aromatic nitrogens is 2. The molecule has 0 fully saturated rings. The van der Waals surface area contributed by atoms with E-state index in [9.17, 15) is 9.90 Å². The number of nitrogens with zero attached hydrogens (tertiary/aromatic N) is 2. The average molecular weight is 418 g/mol. The van der Waals surface area contributed by atoms with E-state index in [0.29, 0.717) is 20.9 Å². The topological polar surface area (TPSA) is 81.5 Å². The third kappa shape index (κ3) is 3.93. The summed E-state index contributed by atoms with van der Waals surface area (Å²) in [5.74, 6) is -0.217. The van der Waals surface area contributed by atoms with Gasteiger partial charge in [0.2, 0.25) is 0 Å². The van der Waals surface area contributed by atoms with Crippen molar-refractivity contribution in [3.63, 3.8) is 0 Å². The molecule has 2 aromatic rings. The van der Waals surface area contributed by atoms with Crippen molar-refractivity contribution in [2.75, 3.05) is 14.2 Å². The van der Waals surface area contributed by atoms with Crippen molar-refractivity contribution in [2.45, 2.75) is 0 Å². The number of ether oxygens (including phenoxy) is 2. The Balaban J connectivity index is 2.42. The number of benzene rings is 1. The van der Waals surface area contributed by atoms with Gasteiger partial charge in [0.25, 0.3) is 0 Å². The van der Waals surface area contributed by atoms with Gasteiger partial charge in [-0.1, -0.05) is 0 Å². The molecule has 0 radical (unpaired) electrons. The van der Waals surface area contributed by atoms with E-state index in [1.165, 1.54) is 14.2 Å². The minimum atomic E-state index is -0.978. The van der Waals surface area contributed by atoms with E-state index in [-0.39, 0.29) is 20.5 Å². The number of rotatable bonds is 5. The summed E-state index contributed by atoms with van der Waals surface area (Å²) in [7, 11) is 3.00. The molecule has 0 saturated carbocycles. The number of aromatic carboxylic acids is 1. The summed E-state index contributed by atoms with van der Waals surface area (Å²) in [5, 5.41) is 9.24. The monoisotopic (exact) mass is 418 g/mol. The fraction of sp³-hybridized carbons (Fsp3) is 0.154. The van der Waals surface area contributed by atoms with E-state index in [4.69, 9.17) is 9.47 Å². The van der Waals surface area contributed by atoms with Crippen molar-refractivity contribution in [1.29, 1.82) is 0 Å². The van der Waals surface area contributed by atoms with Gasteiger partial charge in [-0.3, -0.25) is 0 Å². The van der Waals surface area contributed by atoms with Crippen LogP contribution in [-0.2, 0) is 0 Å². The Morgan fingerprint density at radius 2 is 1.81 bits per heavy atom. The van der Waals surface area contributed by atoms with E-state index in [0.717, 1.165) is 4.47 Å². The third-order valence-electron chi connectivity index (χ3n) is 2.45. The molecule has 0 spiro atoms.